The van der Waals surface area contributed by atoms with Gasteiger partial charge in [-0.3, -0.25) is 0 Å². The van der Waals surface area contributed by atoms with Crippen molar-refractivity contribution in [2.75, 3.05) is 20.8 Å². The van der Waals surface area contributed by atoms with Crippen LogP contribution in [0.25, 0.3) is 0 Å². The number of ether oxygens (including phenoxy) is 2. The Kier molecular flexibility index (Phi) is 4.58. The molecule has 1 aliphatic carbocycles. The van der Waals surface area contributed by atoms with Crippen molar-refractivity contribution >= 4 is 12.4 Å². The van der Waals surface area contributed by atoms with Gasteiger partial charge in [-0.15, -0.1) is 12.4 Å². The average molecular weight is 284 g/mol. The van der Waals surface area contributed by atoms with Crippen molar-refractivity contribution in [2.45, 2.75) is 31.7 Å². The number of rotatable bonds is 2. The highest BCUT2D eigenvalue weighted by Crippen LogP contribution is 2.40. The molecule has 1 N–H and O–H groups in total. The van der Waals surface area contributed by atoms with E-state index >= 15 is 0 Å². The zero-order chi connectivity index (χ0) is 12.5. The third kappa shape index (κ3) is 2.54. The number of hydrogen-bond acceptors (Lipinski definition) is 3. The molecule has 0 saturated carbocycles. The fourth-order valence-corrected chi connectivity index (χ4v) is 3.45. The minimum absolute atomic E-state index is 0. The van der Waals surface area contributed by atoms with E-state index in [9.17, 15) is 0 Å². The van der Waals surface area contributed by atoms with Crippen LogP contribution in [0.3, 0.4) is 0 Å². The topological polar surface area (TPSA) is 30.5 Å². The molecule has 2 atom stereocenters. The van der Waals surface area contributed by atoms with Crippen molar-refractivity contribution in [3.63, 3.8) is 0 Å². The van der Waals surface area contributed by atoms with E-state index in [1.54, 1.807) is 14.2 Å². The van der Waals surface area contributed by atoms with Crippen LogP contribution in [0.1, 0.15) is 24.0 Å². The molecule has 2 aliphatic rings. The molecule has 1 aromatic rings. The Balaban J connectivity index is 0.00000133. The Morgan fingerprint density at radius 1 is 1.16 bits per heavy atom. The zero-order valence-corrected chi connectivity index (χ0v) is 12.4. The summed E-state index contributed by atoms with van der Waals surface area (Å²) in [5.74, 6) is 2.56. The number of halogens is 1. The van der Waals surface area contributed by atoms with Gasteiger partial charge in [0, 0.05) is 11.6 Å². The summed E-state index contributed by atoms with van der Waals surface area (Å²) < 4.78 is 11.0. The van der Waals surface area contributed by atoms with E-state index in [1.807, 2.05) is 6.07 Å². The quantitative estimate of drug-likeness (QED) is 0.905. The Hall–Kier alpha value is -0.930. The summed E-state index contributed by atoms with van der Waals surface area (Å²) in [6.07, 6.45) is 4.87. The van der Waals surface area contributed by atoms with Crippen LogP contribution < -0.4 is 14.8 Å². The van der Waals surface area contributed by atoms with Gasteiger partial charge in [0.2, 0.25) is 0 Å². The number of methoxy groups -OCH3 is 2. The molecule has 0 unspecified atom stereocenters. The van der Waals surface area contributed by atoms with E-state index in [0.29, 0.717) is 6.04 Å². The molecule has 1 fully saturated rings. The third-order valence-corrected chi connectivity index (χ3v) is 4.38. The lowest BCUT2D eigenvalue weighted by Crippen LogP contribution is -2.46. The molecule has 0 spiro atoms. The maximum atomic E-state index is 5.57. The number of piperidine rings is 1. The lowest BCUT2D eigenvalue weighted by molar-refractivity contribution is 0.257. The average Bonchev–Trinajstić information content (AvgIpc) is 2.43. The van der Waals surface area contributed by atoms with Crippen molar-refractivity contribution in [2.24, 2.45) is 5.92 Å². The van der Waals surface area contributed by atoms with Crippen molar-refractivity contribution in [1.29, 1.82) is 0 Å². The highest BCUT2D eigenvalue weighted by atomic mass is 35.5. The second-order valence-corrected chi connectivity index (χ2v) is 5.31. The second-order valence-electron chi connectivity index (χ2n) is 5.31. The molecule has 1 saturated heterocycles. The minimum atomic E-state index is 0. The number of nitrogens with one attached hydrogen (secondary N) is 1. The molecular formula is C15H22ClNO2. The first-order valence-electron chi connectivity index (χ1n) is 6.79. The van der Waals surface area contributed by atoms with E-state index in [2.05, 4.69) is 11.4 Å². The van der Waals surface area contributed by atoms with Gasteiger partial charge in [-0.05, 0) is 49.8 Å². The van der Waals surface area contributed by atoms with Crippen molar-refractivity contribution in [3.8, 4) is 11.5 Å². The molecule has 106 valence electrons. The SMILES string of the molecule is COc1ccc2c(c1OC)C[C@H]1CCCN[C@@H]1C2.Cl. The van der Waals surface area contributed by atoms with E-state index in [4.69, 9.17) is 9.47 Å². The van der Waals surface area contributed by atoms with Crippen LogP contribution in [0, 0.1) is 5.92 Å². The van der Waals surface area contributed by atoms with Gasteiger partial charge in [0.25, 0.3) is 0 Å². The van der Waals surface area contributed by atoms with E-state index in [1.165, 1.54) is 30.5 Å². The van der Waals surface area contributed by atoms with E-state index in [-0.39, 0.29) is 12.4 Å². The predicted molar refractivity (Wildman–Crippen MR) is 78.7 cm³/mol. The zero-order valence-electron chi connectivity index (χ0n) is 11.6. The Morgan fingerprint density at radius 3 is 2.74 bits per heavy atom. The fourth-order valence-electron chi connectivity index (χ4n) is 3.45. The maximum absolute atomic E-state index is 5.57. The molecule has 1 aliphatic heterocycles. The summed E-state index contributed by atoms with van der Waals surface area (Å²) >= 11 is 0. The van der Waals surface area contributed by atoms with Gasteiger partial charge in [-0.25, -0.2) is 0 Å². The first kappa shape index (κ1) is 14.5. The standard InChI is InChI=1S/C15H21NO2.ClH/c1-17-14-6-5-10-9-13-11(4-3-7-16-13)8-12(10)15(14)18-2;/h5-6,11,13,16H,3-4,7-9H2,1-2H3;1H/t11-,13-;/m1./s1. The van der Waals surface area contributed by atoms with E-state index in [0.717, 1.165) is 30.3 Å². The van der Waals surface area contributed by atoms with Gasteiger partial charge in [0.1, 0.15) is 0 Å². The largest absolute Gasteiger partial charge is 0.493 e. The first-order chi connectivity index (χ1) is 8.83. The smallest absolute Gasteiger partial charge is 0.164 e. The molecule has 1 aromatic carbocycles. The van der Waals surface area contributed by atoms with Gasteiger partial charge in [0.05, 0.1) is 14.2 Å². The highest BCUT2D eigenvalue weighted by molar-refractivity contribution is 5.85. The first-order valence-corrected chi connectivity index (χ1v) is 6.79. The van der Waals surface area contributed by atoms with Crippen LogP contribution in [0.2, 0.25) is 0 Å². The number of hydrogen-bond donors (Lipinski definition) is 1. The molecule has 19 heavy (non-hydrogen) atoms. The van der Waals surface area contributed by atoms with Crippen LogP contribution in [0.15, 0.2) is 12.1 Å². The Morgan fingerprint density at radius 2 is 2.00 bits per heavy atom. The summed E-state index contributed by atoms with van der Waals surface area (Å²) in [5, 5.41) is 3.66. The lowest BCUT2D eigenvalue weighted by Gasteiger charge is -2.38. The van der Waals surface area contributed by atoms with Crippen molar-refractivity contribution < 1.29 is 9.47 Å². The molecule has 1 heterocycles. The fraction of sp³-hybridized carbons (Fsp3) is 0.600. The van der Waals surface area contributed by atoms with Gasteiger partial charge in [-0.1, -0.05) is 6.07 Å². The van der Waals surface area contributed by atoms with Crippen molar-refractivity contribution in [3.05, 3.63) is 23.3 Å². The number of benzene rings is 1. The molecule has 0 amide bonds. The normalized spacial score (nSPS) is 24.7. The van der Waals surface area contributed by atoms with Gasteiger partial charge >= 0.3 is 0 Å². The van der Waals surface area contributed by atoms with Crippen LogP contribution in [-0.2, 0) is 12.8 Å². The summed E-state index contributed by atoms with van der Waals surface area (Å²) in [4.78, 5) is 0. The molecular weight excluding hydrogens is 262 g/mol. The van der Waals surface area contributed by atoms with Gasteiger partial charge < -0.3 is 14.8 Å². The van der Waals surface area contributed by atoms with Gasteiger partial charge in [0.15, 0.2) is 11.5 Å². The lowest BCUT2D eigenvalue weighted by atomic mass is 9.76. The van der Waals surface area contributed by atoms with Crippen molar-refractivity contribution in [1.82, 2.24) is 5.32 Å². The van der Waals surface area contributed by atoms with Crippen LogP contribution in [-0.4, -0.2) is 26.8 Å². The molecule has 0 radical (unpaired) electrons. The molecule has 3 rings (SSSR count). The van der Waals surface area contributed by atoms with Crippen LogP contribution in [0.5, 0.6) is 11.5 Å². The summed E-state index contributed by atoms with van der Waals surface area (Å²) in [5.41, 5.74) is 2.78. The molecule has 0 bridgehead atoms. The predicted octanol–water partition coefficient (Wildman–Crippen LogP) is 2.59. The summed E-state index contributed by atoms with van der Waals surface area (Å²) in [6.45, 7) is 1.17. The van der Waals surface area contributed by atoms with Crippen LogP contribution in [0.4, 0.5) is 0 Å². The molecule has 4 heteroatoms. The summed E-state index contributed by atoms with van der Waals surface area (Å²) in [7, 11) is 3.45. The highest BCUT2D eigenvalue weighted by Gasteiger charge is 2.32. The number of fused-ring (bicyclic) bond motifs is 2. The molecule has 0 aromatic heterocycles. The van der Waals surface area contributed by atoms with E-state index < -0.39 is 0 Å². The van der Waals surface area contributed by atoms with Crippen LogP contribution >= 0.6 is 12.4 Å². The van der Waals surface area contributed by atoms with Gasteiger partial charge in [-0.2, -0.15) is 0 Å². The third-order valence-electron chi connectivity index (χ3n) is 4.38. The monoisotopic (exact) mass is 283 g/mol. The maximum Gasteiger partial charge on any atom is 0.164 e. The Labute approximate surface area is 121 Å². The molecule has 3 nitrogen and oxygen atoms in total. The Bertz CT molecular complexity index is 450. The second kappa shape index (κ2) is 6.02. The summed E-state index contributed by atoms with van der Waals surface area (Å²) in [6, 6.07) is 4.88. The minimum Gasteiger partial charge on any atom is -0.493 e.